The van der Waals surface area contributed by atoms with E-state index in [9.17, 15) is 9.18 Å². The van der Waals surface area contributed by atoms with Gasteiger partial charge in [0.25, 0.3) is 5.91 Å². The number of carbonyl (C=O) groups is 1. The van der Waals surface area contributed by atoms with Crippen LogP contribution < -0.4 is 5.73 Å². The van der Waals surface area contributed by atoms with Crippen LogP contribution in [-0.2, 0) is 0 Å². The number of benzene rings is 1. The van der Waals surface area contributed by atoms with Crippen molar-refractivity contribution in [1.82, 2.24) is 4.90 Å². The molecule has 20 heavy (non-hydrogen) atoms. The lowest BCUT2D eigenvalue weighted by atomic mass is 10.0. The quantitative estimate of drug-likeness (QED) is 0.866. The van der Waals surface area contributed by atoms with E-state index in [0.29, 0.717) is 23.4 Å². The van der Waals surface area contributed by atoms with E-state index in [0.717, 1.165) is 0 Å². The number of carbonyl (C=O) groups excluding carboxylic acids is 1. The summed E-state index contributed by atoms with van der Waals surface area (Å²) in [6, 6.07) is 4.48. The largest absolute Gasteiger partial charge is 0.342 e. The van der Waals surface area contributed by atoms with Gasteiger partial charge in [-0.25, -0.2) is 4.39 Å². The van der Waals surface area contributed by atoms with Gasteiger partial charge < -0.3 is 10.6 Å². The summed E-state index contributed by atoms with van der Waals surface area (Å²) in [5.74, 6) is -0.465. The van der Waals surface area contributed by atoms with E-state index in [2.05, 4.69) is 15.9 Å². The fourth-order valence-corrected chi connectivity index (χ4v) is 1.98. The van der Waals surface area contributed by atoms with Crippen LogP contribution in [0.1, 0.15) is 30.6 Å². The van der Waals surface area contributed by atoms with Crippen LogP contribution in [0, 0.1) is 11.7 Å². The summed E-state index contributed by atoms with van der Waals surface area (Å²) in [7, 11) is 1.66. The molecule has 6 heteroatoms. The third-order valence-electron chi connectivity index (χ3n) is 3.16. The van der Waals surface area contributed by atoms with Crippen molar-refractivity contribution in [2.24, 2.45) is 11.7 Å². The van der Waals surface area contributed by atoms with Gasteiger partial charge in [0, 0.05) is 24.1 Å². The third-order valence-corrected chi connectivity index (χ3v) is 3.66. The highest BCUT2D eigenvalue weighted by atomic mass is 79.9. The molecule has 0 spiro atoms. The molecular formula is C14H21BrClFN2O. The Kier molecular flexibility index (Phi) is 8.32. The van der Waals surface area contributed by atoms with Gasteiger partial charge in [-0.3, -0.25) is 4.79 Å². The number of nitrogens with two attached hydrogens (primary N) is 1. The third kappa shape index (κ3) is 5.38. The standard InChI is InChI=1S/C14H20BrFN2O.ClH/c1-9(2)13(17)6-7-18(3)14(19)11-5-4-10(15)8-12(11)16;/h4-5,8-9,13H,6-7,17H2,1-3H3;1H. The van der Waals surface area contributed by atoms with Crippen molar-refractivity contribution in [2.75, 3.05) is 13.6 Å². The number of hydrogen-bond donors (Lipinski definition) is 1. The van der Waals surface area contributed by atoms with Crippen molar-refractivity contribution in [3.05, 3.63) is 34.1 Å². The smallest absolute Gasteiger partial charge is 0.256 e. The molecule has 0 aromatic heterocycles. The lowest BCUT2D eigenvalue weighted by Gasteiger charge is -2.21. The Bertz CT molecular complexity index is 457. The van der Waals surface area contributed by atoms with Gasteiger partial charge in [-0.2, -0.15) is 0 Å². The molecule has 0 radical (unpaired) electrons. The van der Waals surface area contributed by atoms with E-state index >= 15 is 0 Å². The molecule has 0 bridgehead atoms. The Labute approximate surface area is 134 Å². The minimum Gasteiger partial charge on any atom is -0.342 e. The van der Waals surface area contributed by atoms with Gasteiger partial charge in [0.2, 0.25) is 0 Å². The van der Waals surface area contributed by atoms with Crippen LogP contribution in [0.2, 0.25) is 0 Å². The Morgan fingerprint density at radius 1 is 1.45 bits per heavy atom. The summed E-state index contributed by atoms with van der Waals surface area (Å²) < 4.78 is 14.3. The first-order valence-corrected chi connectivity index (χ1v) is 7.08. The Morgan fingerprint density at radius 2 is 2.05 bits per heavy atom. The number of rotatable bonds is 5. The van der Waals surface area contributed by atoms with Crippen molar-refractivity contribution in [1.29, 1.82) is 0 Å². The molecule has 3 nitrogen and oxygen atoms in total. The van der Waals surface area contributed by atoms with E-state index in [-0.39, 0.29) is 29.9 Å². The summed E-state index contributed by atoms with van der Waals surface area (Å²) >= 11 is 3.17. The highest BCUT2D eigenvalue weighted by Crippen LogP contribution is 2.17. The van der Waals surface area contributed by atoms with Gasteiger partial charge in [-0.15, -0.1) is 12.4 Å². The van der Waals surface area contributed by atoms with Crippen LogP contribution in [0.3, 0.4) is 0 Å². The first-order chi connectivity index (χ1) is 8.82. The molecule has 1 unspecified atom stereocenters. The molecule has 0 saturated heterocycles. The maximum atomic E-state index is 13.7. The minimum absolute atomic E-state index is 0. The second-order valence-corrected chi connectivity index (χ2v) is 5.96. The monoisotopic (exact) mass is 366 g/mol. The summed E-state index contributed by atoms with van der Waals surface area (Å²) in [6.45, 7) is 4.61. The predicted octanol–water partition coefficient (Wildman–Crippen LogP) is 3.46. The van der Waals surface area contributed by atoms with Crippen LogP contribution >= 0.6 is 28.3 Å². The lowest BCUT2D eigenvalue weighted by Crippen LogP contribution is -2.35. The molecule has 0 fully saturated rings. The van der Waals surface area contributed by atoms with Crippen molar-refractivity contribution in [3.8, 4) is 0 Å². The minimum atomic E-state index is -0.514. The number of halogens is 3. The molecule has 0 aliphatic rings. The SMILES string of the molecule is CC(C)C(N)CCN(C)C(=O)c1ccc(Br)cc1F.Cl. The number of nitrogens with zero attached hydrogens (tertiary/aromatic N) is 1. The first kappa shape index (κ1) is 19.4. The topological polar surface area (TPSA) is 46.3 Å². The van der Waals surface area contributed by atoms with Gasteiger partial charge in [0.1, 0.15) is 5.82 Å². The molecule has 0 aliphatic heterocycles. The molecule has 2 N–H and O–H groups in total. The lowest BCUT2D eigenvalue weighted by molar-refractivity contribution is 0.0784. The Balaban J connectivity index is 0.00000361. The molecule has 1 aromatic rings. The van der Waals surface area contributed by atoms with Crippen LogP contribution in [0.15, 0.2) is 22.7 Å². The van der Waals surface area contributed by atoms with E-state index < -0.39 is 5.82 Å². The first-order valence-electron chi connectivity index (χ1n) is 6.29. The molecule has 1 rings (SSSR count). The zero-order chi connectivity index (χ0) is 14.6. The molecule has 0 heterocycles. The molecule has 1 amide bonds. The number of amides is 1. The van der Waals surface area contributed by atoms with Gasteiger partial charge in [-0.05, 0) is 30.5 Å². The summed E-state index contributed by atoms with van der Waals surface area (Å²) in [6.07, 6.45) is 0.706. The van der Waals surface area contributed by atoms with E-state index in [1.54, 1.807) is 13.1 Å². The molecule has 0 aliphatic carbocycles. The van der Waals surface area contributed by atoms with E-state index in [1.165, 1.54) is 17.0 Å². The normalized spacial score (nSPS) is 11.9. The molecule has 1 atom stereocenters. The summed E-state index contributed by atoms with van der Waals surface area (Å²) in [5.41, 5.74) is 6.02. The van der Waals surface area contributed by atoms with Gasteiger partial charge in [-0.1, -0.05) is 29.8 Å². The van der Waals surface area contributed by atoms with Gasteiger partial charge in [0.05, 0.1) is 5.56 Å². The summed E-state index contributed by atoms with van der Waals surface area (Å²) in [4.78, 5) is 13.6. The van der Waals surface area contributed by atoms with Crippen molar-refractivity contribution in [2.45, 2.75) is 26.3 Å². The van der Waals surface area contributed by atoms with Gasteiger partial charge >= 0.3 is 0 Å². The predicted molar refractivity (Wildman–Crippen MR) is 85.7 cm³/mol. The fourth-order valence-electron chi connectivity index (χ4n) is 1.65. The van der Waals surface area contributed by atoms with Gasteiger partial charge in [0.15, 0.2) is 0 Å². The molecule has 0 saturated carbocycles. The highest BCUT2D eigenvalue weighted by molar-refractivity contribution is 9.10. The maximum Gasteiger partial charge on any atom is 0.256 e. The average Bonchev–Trinajstić information content (AvgIpc) is 2.34. The number of hydrogen-bond acceptors (Lipinski definition) is 2. The average molecular weight is 368 g/mol. The van der Waals surface area contributed by atoms with Crippen LogP contribution in [-0.4, -0.2) is 30.4 Å². The second kappa shape index (κ2) is 8.60. The van der Waals surface area contributed by atoms with E-state index in [1.807, 2.05) is 13.8 Å². The molecular weight excluding hydrogens is 347 g/mol. The van der Waals surface area contributed by atoms with Crippen LogP contribution in [0.4, 0.5) is 4.39 Å². The Morgan fingerprint density at radius 3 is 2.55 bits per heavy atom. The van der Waals surface area contributed by atoms with E-state index in [4.69, 9.17) is 5.73 Å². The Hall–Kier alpha value is -0.650. The molecule has 114 valence electrons. The fraction of sp³-hybridized carbons (Fsp3) is 0.500. The molecule has 1 aromatic carbocycles. The van der Waals surface area contributed by atoms with Crippen molar-refractivity contribution >= 4 is 34.2 Å². The second-order valence-electron chi connectivity index (χ2n) is 5.05. The van der Waals surface area contributed by atoms with Crippen molar-refractivity contribution < 1.29 is 9.18 Å². The zero-order valence-corrected chi connectivity index (χ0v) is 14.3. The van der Waals surface area contributed by atoms with Crippen molar-refractivity contribution in [3.63, 3.8) is 0 Å². The highest BCUT2D eigenvalue weighted by Gasteiger charge is 2.17. The maximum absolute atomic E-state index is 13.7. The zero-order valence-electron chi connectivity index (χ0n) is 11.9. The summed E-state index contributed by atoms with van der Waals surface area (Å²) in [5, 5.41) is 0. The van der Waals surface area contributed by atoms with Crippen LogP contribution in [0.25, 0.3) is 0 Å². The van der Waals surface area contributed by atoms with Crippen LogP contribution in [0.5, 0.6) is 0 Å².